The van der Waals surface area contributed by atoms with Gasteiger partial charge in [0, 0.05) is 5.56 Å². The fraction of sp³-hybridized carbons (Fsp3) is 0.176. The Labute approximate surface area is 128 Å². The van der Waals surface area contributed by atoms with Gasteiger partial charge in [-0.3, -0.25) is 4.79 Å². The van der Waals surface area contributed by atoms with Gasteiger partial charge in [0.25, 0.3) is 0 Å². The van der Waals surface area contributed by atoms with Crippen molar-refractivity contribution in [2.45, 2.75) is 0 Å². The summed E-state index contributed by atoms with van der Waals surface area (Å²) in [6, 6.07) is 15.6. The molecule has 0 amide bonds. The molecule has 0 unspecified atom stereocenters. The normalized spacial score (nSPS) is 9.86. The number of hydrogen-bond acceptors (Lipinski definition) is 5. The van der Waals surface area contributed by atoms with E-state index >= 15 is 0 Å². The van der Waals surface area contributed by atoms with Gasteiger partial charge in [-0.1, -0.05) is 42.5 Å². The predicted molar refractivity (Wildman–Crippen MR) is 80.2 cm³/mol. The molecule has 5 nitrogen and oxygen atoms in total. The molecule has 0 N–H and O–H groups in total. The second-order valence-electron chi connectivity index (χ2n) is 4.39. The smallest absolute Gasteiger partial charge is 0.344 e. The van der Waals surface area contributed by atoms with Gasteiger partial charge in [0.15, 0.2) is 30.5 Å². The number of methoxy groups -OCH3 is 1. The zero-order valence-electron chi connectivity index (χ0n) is 12.2. The number of carbonyl (C=O) groups is 2. The summed E-state index contributed by atoms with van der Waals surface area (Å²) in [6.07, 6.45) is 0. The van der Waals surface area contributed by atoms with Gasteiger partial charge in [-0.05, 0) is 12.1 Å². The summed E-state index contributed by atoms with van der Waals surface area (Å²) in [5.74, 6) is 0.0911. The highest BCUT2D eigenvalue weighted by Crippen LogP contribution is 2.25. The van der Waals surface area contributed by atoms with Crippen LogP contribution in [0.2, 0.25) is 0 Å². The van der Waals surface area contributed by atoms with Gasteiger partial charge in [-0.25, -0.2) is 4.79 Å². The van der Waals surface area contributed by atoms with E-state index in [0.29, 0.717) is 17.1 Å². The third kappa shape index (κ3) is 4.34. The molecule has 2 rings (SSSR count). The first kappa shape index (κ1) is 15.6. The first-order valence-electron chi connectivity index (χ1n) is 6.70. The molecule has 0 fully saturated rings. The Morgan fingerprint density at radius 1 is 0.864 bits per heavy atom. The fourth-order valence-corrected chi connectivity index (χ4v) is 1.77. The summed E-state index contributed by atoms with van der Waals surface area (Å²) in [5.41, 5.74) is 0.501. The number of esters is 1. The number of benzene rings is 2. The molecule has 0 heterocycles. The highest BCUT2D eigenvalue weighted by Gasteiger charge is 2.11. The summed E-state index contributed by atoms with van der Waals surface area (Å²) >= 11 is 0. The van der Waals surface area contributed by atoms with Crippen LogP contribution < -0.4 is 9.47 Å². The Morgan fingerprint density at radius 3 is 2.18 bits per heavy atom. The largest absolute Gasteiger partial charge is 0.493 e. The first-order chi connectivity index (χ1) is 10.7. The van der Waals surface area contributed by atoms with Crippen molar-refractivity contribution < 1.29 is 23.8 Å². The van der Waals surface area contributed by atoms with E-state index in [-0.39, 0.29) is 19.0 Å². The number of carbonyl (C=O) groups excluding carboxylic acids is 2. The highest BCUT2D eigenvalue weighted by molar-refractivity contribution is 5.97. The van der Waals surface area contributed by atoms with Crippen LogP contribution in [0.4, 0.5) is 0 Å². The number of ketones is 1. The molecule has 0 saturated carbocycles. The van der Waals surface area contributed by atoms with Crippen LogP contribution in [-0.4, -0.2) is 32.1 Å². The molecule has 0 spiro atoms. The van der Waals surface area contributed by atoms with E-state index in [9.17, 15) is 9.59 Å². The third-order valence-corrected chi connectivity index (χ3v) is 2.87. The lowest BCUT2D eigenvalue weighted by Crippen LogP contribution is -2.19. The molecule has 0 aliphatic heterocycles. The Balaban J connectivity index is 1.80. The minimum Gasteiger partial charge on any atom is -0.493 e. The van der Waals surface area contributed by atoms with Crippen molar-refractivity contribution in [1.82, 2.24) is 0 Å². The maximum atomic E-state index is 11.8. The second kappa shape index (κ2) is 7.83. The lowest BCUT2D eigenvalue weighted by atomic mass is 10.1. The number of ether oxygens (including phenoxy) is 3. The lowest BCUT2D eigenvalue weighted by molar-refractivity contribution is -0.144. The lowest BCUT2D eigenvalue weighted by Gasteiger charge is -2.09. The van der Waals surface area contributed by atoms with Crippen LogP contribution >= 0.6 is 0 Å². The predicted octanol–water partition coefficient (Wildman–Crippen LogP) is 2.50. The van der Waals surface area contributed by atoms with Crippen LogP contribution in [0.25, 0.3) is 0 Å². The summed E-state index contributed by atoms with van der Waals surface area (Å²) in [5, 5.41) is 0. The number of Topliss-reactive ketones (excluding diaryl/α,β-unsaturated/α-hetero) is 1. The molecule has 0 aliphatic carbocycles. The van der Waals surface area contributed by atoms with Crippen molar-refractivity contribution in [1.29, 1.82) is 0 Å². The Hall–Kier alpha value is -2.82. The van der Waals surface area contributed by atoms with Gasteiger partial charge in [0.1, 0.15) is 0 Å². The molecule has 114 valence electrons. The maximum absolute atomic E-state index is 11.8. The van der Waals surface area contributed by atoms with Gasteiger partial charge in [-0.15, -0.1) is 0 Å². The topological polar surface area (TPSA) is 61.8 Å². The molecular weight excluding hydrogens is 284 g/mol. The summed E-state index contributed by atoms with van der Waals surface area (Å²) in [4.78, 5) is 23.4. The molecule has 0 saturated heterocycles. The van der Waals surface area contributed by atoms with Crippen LogP contribution in [-0.2, 0) is 9.53 Å². The number of rotatable bonds is 7. The summed E-state index contributed by atoms with van der Waals surface area (Å²) in [7, 11) is 1.51. The quantitative estimate of drug-likeness (QED) is 0.581. The standard InChI is InChI=1S/C17H16O5/c1-20-15-9-5-6-10-16(15)21-12-17(19)22-11-14(18)13-7-3-2-4-8-13/h2-10H,11-12H2,1H3. The van der Waals surface area contributed by atoms with Crippen LogP contribution in [0.5, 0.6) is 11.5 Å². The molecule has 2 aromatic rings. The van der Waals surface area contributed by atoms with E-state index in [1.807, 2.05) is 6.07 Å². The molecule has 2 aromatic carbocycles. The third-order valence-electron chi connectivity index (χ3n) is 2.87. The van der Waals surface area contributed by atoms with Crippen LogP contribution in [0.1, 0.15) is 10.4 Å². The molecular formula is C17H16O5. The number of hydrogen-bond donors (Lipinski definition) is 0. The van der Waals surface area contributed by atoms with E-state index in [4.69, 9.17) is 14.2 Å². The zero-order chi connectivity index (χ0) is 15.8. The maximum Gasteiger partial charge on any atom is 0.344 e. The van der Waals surface area contributed by atoms with Gasteiger partial charge < -0.3 is 14.2 Å². The van der Waals surface area contributed by atoms with Crippen molar-refractivity contribution in [2.24, 2.45) is 0 Å². The number of para-hydroxylation sites is 2. The molecule has 0 bridgehead atoms. The summed E-state index contributed by atoms with van der Waals surface area (Å²) in [6.45, 7) is -0.597. The highest BCUT2D eigenvalue weighted by atomic mass is 16.6. The molecule has 0 atom stereocenters. The van der Waals surface area contributed by atoms with Crippen molar-refractivity contribution >= 4 is 11.8 Å². The van der Waals surface area contributed by atoms with Crippen LogP contribution in [0.3, 0.4) is 0 Å². The van der Waals surface area contributed by atoms with E-state index in [1.165, 1.54) is 7.11 Å². The first-order valence-corrected chi connectivity index (χ1v) is 6.70. The van der Waals surface area contributed by atoms with Crippen LogP contribution in [0, 0.1) is 0 Å². The monoisotopic (exact) mass is 300 g/mol. The van der Waals surface area contributed by atoms with Crippen LogP contribution in [0.15, 0.2) is 54.6 Å². The molecule has 5 heteroatoms. The average molecular weight is 300 g/mol. The van der Waals surface area contributed by atoms with E-state index in [0.717, 1.165) is 0 Å². The van der Waals surface area contributed by atoms with E-state index in [2.05, 4.69) is 0 Å². The fourth-order valence-electron chi connectivity index (χ4n) is 1.77. The Bertz CT molecular complexity index is 637. The minimum atomic E-state index is -0.616. The second-order valence-corrected chi connectivity index (χ2v) is 4.39. The molecule has 0 aromatic heterocycles. The Morgan fingerprint density at radius 2 is 1.50 bits per heavy atom. The van der Waals surface area contributed by atoms with Gasteiger partial charge in [-0.2, -0.15) is 0 Å². The van der Waals surface area contributed by atoms with Crippen molar-refractivity contribution in [3.05, 3.63) is 60.2 Å². The van der Waals surface area contributed by atoms with Crippen molar-refractivity contribution in [3.8, 4) is 11.5 Å². The van der Waals surface area contributed by atoms with Gasteiger partial charge >= 0.3 is 5.97 Å². The SMILES string of the molecule is COc1ccccc1OCC(=O)OCC(=O)c1ccccc1. The van der Waals surface area contributed by atoms with Crippen molar-refractivity contribution in [2.75, 3.05) is 20.3 Å². The zero-order valence-corrected chi connectivity index (χ0v) is 12.2. The summed E-state index contributed by atoms with van der Waals surface area (Å²) < 4.78 is 15.3. The Kier molecular flexibility index (Phi) is 5.54. The van der Waals surface area contributed by atoms with Gasteiger partial charge in [0.05, 0.1) is 7.11 Å². The molecule has 0 aliphatic rings. The molecule has 0 radical (unpaired) electrons. The van der Waals surface area contributed by atoms with Crippen molar-refractivity contribution in [3.63, 3.8) is 0 Å². The molecule has 22 heavy (non-hydrogen) atoms. The van der Waals surface area contributed by atoms with Gasteiger partial charge in [0.2, 0.25) is 0 Å². The van der Waals surface area contributed by atoms with E-state index in [1.54, 1.807) is 48.5 Å². The average Bonchev–Trinajstić information content (AvgIpc) is 2.58. The van der Waals surface area contributed by atoms with E-state index < -0.39 is 5.97 Å². The minimum absolute atomic E-state index is 0.258.